The molecule has 0 saturated heterocycles. The number of nitrogens with one attached hydrogen (secondary N) is 1. The molecule has 2 aromatic rings. The van der Waals surface area contributed by atoms with Gasteiger partial charge < -0.3 is 11.1 Å². The third-order valence-corrected chi connectivity index (χ3v) is 2.18. The average molecular weight is 228 g/mol. The lowest BCUT2D eigenvalue weighted by Gasteiger charge is -2.05. The first-order chi connectivity index (χ1) is 8.15. The molecular weight excluding hydrogens is 216 g/mol. The lowest BCUT2D eigenvalue weighted by atomic mass is 10.2. The molecule has 17 heavy (non-hydrogen) atoms. The molecule has 0 atom stereocenters. The van der Waals surface area contributed by atoms with Gasteiger partial charge in [0.2, 0.25) is 0 Å². The highest BCUT2D eigenvalue weighted by Crippen LogP contribution is 2.10. The highest BCUT2D eigenvalue weighted by molar-refractivity contribution is 6.04. The quantitative estimate of drug-likeness (QED) is 0.818. The maximum absolute atomic E-state index is 11.9. The van der Waals surface area contributed by atoms with Gasteiger partial charge in [0.05, 0.1) is 11.3 Å². The molecular formula is C12H12N4O. The van der Waals surface area contributed by atoms with Gasteiger partial charge in [0.1, 0.15) is 0 Å². The topological polar surface area (TPSA) is 80.9 Å². The molecule has 2 rings (SSSR count). The Kier molecular flexibility index (Phi) is 3.00. The molecule has 0 aliphatic carbocycles. The summed E-state index contributed by atoms with van der Waals surface area (Å²) in [5.74, 6) is -0.240. The minimum atomic E-state index is -0.240. The van der Waals surface area contributed by atoms with Gasteiger partial charge in [-0.25, -0.2) is 0 Å². The zero-order valence-electron chi connectivity index (χ0n) is 9.34. The Labute approximate surface area is 98.7 Å². The molecule has 0 unspecified atom stereocenters. The van der Waals surface area contributed by atoms with Crippen molar-refractivity contribution in [2.24, 2.45) is 0 Å². The van der Waals surface area contributed by atoms with E-state index in [1.165, 1.54) is 12.4 Å². The van der Waals surface area contributed by atoms with Gasteiger partial charge in [0, 0.05) is 30.0 Å². The molecule has 0 aliphatic heterocycles. The van der Waals surface area contributed by atoms with Crippen LogP contribution in [0.15, 0.2) is 36.8 Å². The number of hydrogen-bond acceptors (Lipinski definition) is 4. The minimum Gasteiger partial charge on any atom is -0.397 e. The smallest absolute Gasteiger partial charge is 0.257 e. The Balaban J connectivity index is 2.17. The van der Waals surface area contributed by atoms with Crippen molar-refractivity contribution < 1.29 is 4.79 Å². The summed E-state index contributed by atoms with van der Waals surface area (Å²) in [6.45, 7) is 1.86. The summed E-state index contributed by atoms with van der Waals surface area (Å²) < 4.78 is 0. The number of nitrogen functional groups attached to an aromatic ring is 1. The standard InChI is InChI=1S/C12H12N4O/c1-8-4-11(2-3-15-8)16-12(17)9-5-10(13)7-14-6-9/h2-7H,13H2,1H3,(H,15,16,17). The van der Waals surface area contributed by atoms with Crippen LogP contribution in [0.1, 0.15) is 16.1 Å². The molecule has 86 valence electrons. The number of aryl methyl sites for hydroxylation is 1. The molecule has 0 radical (unpaired) electrons. The molecule has 0 spiro atoms. The van der Waals surface area contributed by atoms with E-state index in [-0.39, 0.29) is 5.91 Å². The highest BCUT2D eigenvalue weighted by Gasteiger charge is 2.06. The molecule has 0 bridgehead atoms. The predicted molar refractivity (Wildman–Crippen MR) is 65.6 cm³/mol. The van der Waals surface area contributed by atoms with Gasteiger partial charge in [-0.3, -0.25) is 14.8 Å². The van der Waals surface area contributed by atoms with Crippen molar-refractivity contribution in [3.8, 4) is 0 Å². The Hall–Kier alpha value is -2.43. The van der Waals surface area contributed by atoms with E-state index in [4.69, 9.17) is 5.73 Å². The summed E-state index contributed by atoms with van der Waals surface area (Å²) >= 11 is 0. The molecule has 3 N–H and O–H groups in total. The summed E-state index contributed by atoms with van der Waals surface area (Å²) in [7, 11) is 0. The number of pyridine rings is 2. The fourth-order valence-corrected chi connectivity index (χ4v) is 1.41. The largest absolute Gasteiger partial charge is 0.397 e. The molecule has 2 heterocycles. The van der Waals surface area contributed by atoms with Crippen LogP contribution in [-0.4, -0.2) is 15.9 Å². The normalized spacial score (nSPS) is 9.94. The SMILES string of the molecule is Cc1cc(NC(=O)c2cncc(N)c2)ccn1. The number of nitrogens with two attached hydrogens (primary N) is 1. The van der Waals surface area contributed by atoms with Crippen molar-refractivity contribution >= 4 is 17.3 Å². The molecule has 1 amide bonds. The molecule has 5 heteroatoms. The lowest BCUT2D eigenvalue weighted by molar-refractivity contribution is 0.102. The Bertz CT molecular complexity index is 554. The van der Waals surface area contributed by atoms with Crippen molar-refractivity contribution in [1.82, 2.24) is 9.97 Å². The van der Waals surface area contributed by atoms with Crippen molar-refractivity contribution in [3.63, 3.8) is 0 Å². The number of carbonyl (C=O) groups excluding carboxylic acids is 1. The number of carbonyl (C=O) groups is 1. The first-order valence-electron chi connectivity index (χ1n) is 5.10. The van der Waals surface area contributed by atoms with Crippen molar-refractivity contribution in [2.75, 3.05) is 11.1 Å². The maximum atomic E-state index is 11.9. The van der Waals surface area contributed by atoms with Crippen LogP contribution >= 0.6 is 0 Å². The highest BCUT2D eigenvalue weighted by atomic mass is 16.1. The van der Waals surface area contributed by atoms with E-state index < -0.39 is 0 Å². The average Bonchev–Trinajstić information content (AvgIpc) is 2.29. The zero-order chi connectivity index (χ0) is 12.3. The third kappa shape index (κ3) is 2.78. The fraction of sp³-hybridized carbons (Fsp3) is 0.0833. The van der Waals surface area contributed by atoms with E-state index in [9.17, 15) is 4.79 Å². The lowest BCUT2D eigenvalue weighted by Crippen LogP contribution is -2.12. The van der Waals surface area contributed by atoms with Crippen LogP contribution in [0.3, 0.4) is 0 Å². The van der Waals surface area contributed by atoms with Gasteiger partial charge in [-0.2, -0.15) is 0 Å². The number of anilines is 2. The molecule has 0 aromatic carbocycles. The first-order valence-corrected chi connectivity index (χ1v) is 5.10. The number of rotatable bonds is 2. The van der Waals surface area contributed by atoms with Crippen LogP contribution in [0.4, 0.5) is 11.4 Å². The molecule has 0 saturated carbocycles. The summed E-state index contributed by atoms with van der Waals surface area (Å²) in [6.07, 6.45) is 4.61. The second-order valence-electron chi connectivity index (χ2n) is 3.65. The molecule has 0 aliphatic rings. The van der Waals surface area contributed by atoms with Gasteiger partial charge in [-0.15, -0.1) is 0 Å². The van der Waals surface area contributed by atoms with Crippen molar-refractivity contribution in [1.29, 1.82) is 0 Å². The summed E-state index contributed by atoms with van der Waals surface area (Å²) in [4.78, 5) is 19.8. The van der Waals surface area contributed by atoms with Crippen LogP contribution in [-0.2, 0) is 0 Å². The fourth-order valence-electron chi connectivity index (χ4n) is 1.41. The van der Waals surface area contributed by atoms with Gasteiger partial charge >= 0.3 is 0 Å². The first kappa shape index (κ1) is 11.1. The van der Waals surface area contributed by atoms with Crippen LogP contribution in [0, 0.1) is 6.92 Å². The molecule has 0 fully saturated rings. The van der Waals surface area contributed by atoms with Gasteiger partial charge in [0.15, 0.2) is 0 Å². The van der Waals surface area contributed by atoms with Crippen LogP contribution in [0.25, 0.3) is 0 Å². The van der Waals surface area contributed by atoms with Crippen molar-refractivity contribution in [2.45, 2.75) is 6.92 Å². The van der Waals surface area contributed by atoms with E-state index in [0.717, 1.165) is 5.69 Å². The Morgan fingerprint density at radius 3 is 2.88 bits per heavy atom. The van der Waals surface area contributed by atoms with E-state index >= 15 is 0 Å². The summed E-state index contributed by atoms with van der Waals surface area (Å²) in [6, 6.07) is 5.10. The van der Waals surface area contributed by atoms with Gasteiger partial charge in [0.25, 0.3) is 5.91 Å². The van der Waals surface area contributed by atoms with E-state index in [1.54, 1.807) is 24.4 Å². The van der Waals surface area contributed by atoms with Crippen molar-refractivity contribution in [3.05, 3.63) is 48.0 Å². The number of aromatic nitrogens is 2. The Morgan fingerprint density at radius 1 is 1.35 bits per heavy atom. The minimum absolute atomic E-state index is 0.240. The second kappa shape index (κ2) is 4.61. The maximum Gasteiger partial charge on any atom is 0.257 e. The van der Waals surface area contributed by atoms with E-state index in [2.05, 4.69) is 15.3 Å². The van der Waals surface area contributed by atoms with Crippen LogP contribution in [0.5, 0.6) is 0 Å². The Morgan fingerprint density at radius 2 is 2.18 bits per heavy atom. The zero-order valence-corrected chi connectivity index (χ0v) is 9.34. The predicted octanol–water partition coefficient (Wildman–Crippen LogP) is 1.62. The summed E-state index contributed by atoms with van der Waals surface area (Å²) in [5.41, 5.74) is 7.99. The third-order valence-electron chi connectivity index (χ3n) is 2.18. The monoisotopic (exact) mass is 228 g/mol. The second-order valence-corrected chi connectivity index (χ2v) is 3.65. The number of amides is 1. The van der Waals surface area contributed by atoms with Gasteiger partial charge in [-0.1, -0.05) is 0 Å². The summed E-state index contributed by atoms with van der Waals surface area (Å²) in [5, 5.41) is 2.75. The van der Waals surface area contributed by atoms with E-state index in [1.807, 2.05) is 6.92 Å². The number of nitrogens with zero attached hydrogens (tertiary/aromatic N) is 2. The number of hydrogen-bond donors (Lipinski definition) is 2. The van der Waals surface area contributed by atoms with E-state index in [0.29, 0.717) is 16.9 Å². The molecule has 5 nitrogen and oxygen atoms in total. The molecule has 2 aromatic heterocycles. The van der Waals surface area contributed by atoms with Crippen LogP contribution < -0.4 is 11.1 Å². The van der Waals surface area contributed by atoms with Gasteiger partial charge in [-0.05, 0) is 25.1 Å². The van der Waals surface area contributed by atoms with Crippen LogP contribution in [0.2, 0.25) is 0 Å².